The van der Waals surface area contributed by atoms with Crippen LogP contribution in [0, 0.1) is 30.6 Å². The zero-order chi connectivity index (χ0) is 38.7. The van der Waals surface area contributed by atoms with Crippen LogP contribution in [0.2, 0.25) is 0 Å². The number of aromatic nitrogens is 2. The monoisotopic (exact) mass is 743 g/mol. The number of aliphatic hydroxyl groups excluding tert-OH is 1. The third-order valence-corrected chi connectivity index (χ3v) is 14.7. The Labute approximate surface area is 318 Å². The van der Waals surface area contributed by atoms with Crippen molar-refractivity contribution in [2.75, 3.05) is 0 Å². The van der Waals surface area contributed by atoms with Crippen molar-refractivity contribution in [3.63, 3.8) is 0 Å². The van der Waals surface area contributed by atoms with E-state index < -0.39 is 28.9 Å². The molecule has 300 valence electrons. The van der Waals surface area contributed by atoms with Crippen LogP contribution in [0.15, 0.2) is 12.2 Å². The van der Waals surface area contributed by atoms with Crippen molar-refractivity contribution in [3.05, 3.63) is 29.1 Å². The molecule has 0 bridgehead atoms. The molecule has 0 amide bonds. The first kappa shape index (κ1) is 41.0. The predicted molar refractivity (Wildman–Crippen MR) is 203 cm³/mol. The molecule has 16 atom stereocenters. The normalized spacial score (nSPS) is 45.0. The van der Waals surface area contributed by atoms with Crippen LogP contribution in [-0.2, 0) is 28.5 Å². The smallest absolute Gasteiger partial charge is 0.202 e. The molecule has 5 aliphatic heterocycles. The summed E-state index contributed by atoms with van der Waals surface area (Å²) in [4.78, 5) is 12.4. The van der Waals surface area contributed by atoms with Crippen molar-refractivity contribution >= 4 is 5.78 Å². The van der Waals surface area contributed by atoms with Crippen LogP contribution in [0.3, 0.4) is 0 Å². The second kappa shape index (κ2) is 15.4. The van der Waals surface area contributed by atoms with Gasteiger partial charge in [0, 0.05) is 35.8 Å². The van der Waals surface area contributed by atoms with Gasteiger partial charge in [-0.2, -0.15) is 5.10 Å². The number of hydrogen-bond donors (Lipinski definition) is 3. The second-order valence-electron chi connectivity index (χ2n) is 18.1. The van der Waals surface area contributed by atoms with E-state index in [1.165, 1.54) is 0 Å². The lowest BCUT2D eigenvalue weighted by molar-refractivity contribution is -0.408. The molecule has 2 spiro atoms. The molecule has 0 aromatic carbocycles. The molecule has 3 N–H and O–H groups in total. The highest BCUT2D eigenvalue weighted by atomic mass is 16.8. The summed E-state index contributed by atoms with van der Waals surface area (Å²) in [6, 6.07) is 0. The molecular formula is C43H70N2O8. The summed E-state index contributed by atoms with van der Waals surface area (Å²) in [7, 11) is 0. The topological polar surface area (TPSA) is 132 Å². The highest BCUT2D eigenvalue weighted by molar-refractivity contribution is 5.78. The lowest BCUT2D eigenvalue weighted by atomic mass is 9.76. The van der Waals surface area contributed by atoms with E-state index in [0.29, 0.717) is 38.0 Å². The van der Waals surface area contributed by atoms with Crippen molar-refractivity contribution in [1.29, 1.82) is 0 Å². The van der Waals surface area contributed by atoms with Crippen molar-refractivity contribution in [3.8, 4) is 0 Å². The van der Waals surface area contributed by atoms with Gasteiger partial charge in [0.05, 0.1) is 47.4 Å². The van der Waals surface area contributed by atoms with Crippen LogP contribution < -0.4 is 0 Å². The zero-order valence-electron chi connectivity index (χ0n) is 34.4. The van der Waals surface area contributed by atoms with Crippen molar-refractivity contribution < 1.29 is 38.7 Å². The molecule has 4 saturated heterocycles. The first-order chi connectivity index (χ1) is 25.0. The van der Waals surface area contributed by atoms with Crippen LogP contribution in [0.1, 0.15) is 162 Å². The molecule has 6 heterocycles. The number of nitrogens with zero attached hydrogens (tertiary/aromatic N) is 1. The Kier molecular flexibility index (Phi) is 11.9. The Morgan fingerprint density at radius 3 is 2.38 bits per heavy atom. The summed E-state index contributed by atoms with van der Waals surface area (Å²) >= 11 is 0. The summed E-state index contributed by atoms with van der Waals surface area (Å²) in [5, 5.41) is 31.0. The van der Waals surface area contributed by atoms with Gasteiger partial charge >= 0.3 is 0 Å². The molecule has 0 saturated carbocycles. The number of carbonyl (C=O) groups excluding carboxylic acids is 1. The van der Waals surface area contributed by atoms with E-state index in [2.05, 4.69) is 60.5 Å². The molecule has 6 rings (SSSR count). The summed E-state index contributed by atoms with van der Waals surface area (Å²) in [5.41, 5.74) is 1.72. The summed E-state index contributed by atoms with van der Waals surface area (Å²) in [6.07, 6.45) is 9.59. The third-order valence-electron chi connectivity index (χ3n) is 14.7. The Balaban J connectivity index is 1.22. The van der Waals surface area contributed by atoms with Gasteiger partial charge in [-0.1, -0.05) is 48.5 Å². The number of rotatable bonds is 10. The van der Waals surface area contributed by atoms with Gasteiger partial charge in [-0.25, -0.2) is 0 Å². The number of aliphatic hydroxyl groups is 2. The largest absolute Gasteiger partial charge is 0.387 e. The van der Waals surface area contributed by atoms with E-state index in [1.54, 1.807) is 6.92 Å². The maximum atomic E-state index is 12.4. The molecular weight excluding hydrogens is 672 g/mol. The summed E-state index contributed by atoms with van der Waals surface area (Å²) < 4.78 is 34.3. The van der Waals surface area contributed by atoms with Crippen molar-refractivity contribution in [1.82, 2.24) is 10.2 Å². The van der Waals surface area contributed by atoms with E-state index in [0.717, 1.165) is 49.1 Å². The van der Waals surface area contributed by atoms with Crippen LogP contribution in [0.25, 0.3) is 0 Å². The SMILES string of the molecule is CC[C@@H](C(C)=O)[C@H]1CC[C@H](C)[C@H]([C@@H](C)c2[nH]nc([C@H](CC)[C@H]3O[C@]4(C=C[C@@H](O)[C@]5(CC[C@@](C)([C@H]6CC[C@](O)(CC)[C@H](C)O6)O5)O4)[C@H](C)C[C@@H]3C)c2C)O1. The minimum Gasteiger partial charge on any atom is -0.387 e. The quantitative estimate of drug-likeness (QED) is 0.206. The van der Waals surface area contributed by atoms with E-state index in [1.807, 2.05) is 26.0 Å². The first-order valence-corrected chi connectivity index (χ1v) is 21.0. The number of Topliss-reactive ketones (excluding diaryl/α,β-unsaturated/α-hetero) is 1. The average Bonchev–Trinajstić information content (AvgIpc) is 3.67. The van der Waals surface area contributed by atoms with Gasteiger partial charge < -0.3 is 33.9 Å². The Morgan fingerprint density at radius 1 is 1.00 bits per heavy atom. The highest BCUT2D eigenvalue weighted by Gasteiger charge is 2.63. The van der Waals surface area contributed by atoms with E-state index in [9.17, 15) is 15.0 Å². The fraction of sp³-hybridized carbons (Fsp3) is 0.860. The van der Waals surface area contributed by atoms with Gasteiger partial charge in [-0.3, -0.25) is 9.89 Å². The molecule has 10 heteroatoms. The maximum absolute atomic E-state index is 12.4. The Hall–Kier alpha value is -1.66. The fourth-order valence-electron chi connectivity index (χ4n) is 10.9. The average molecular weight is 743 g/mol. The Bertz CT molecular complexity index is 1480. The summed E-state index contributed by atoms with van der Waals surface area (Å²) in [6.45, 7) is 23.1. The molecule has 1 aromatic heterocycles. The molecule has 10 nitrogen and oxygen atoms in total. The maximum Gasteiger partial charge on any atom is 0.202 e. The molecule has 53 heavy (non-hydrogen) atoms. The number of aromatic amines is 1. The van der Waals surface area contributed by atoms with Gasteiger partial charge in [0.1, 0.15) is 11.9 Å². The predicted octanol–water partition coefficient (Wildman–Crippen LogP) is 7.79. The van der Waals surface area contributed by atoms with E-state index in [4.69, 9.17) is 28.8 Å². The highest BCUT2D eigenvalue weighted by Crippen LogP contribution is 2.54. The molecule has 0 aliphatic carbocycles. The van der Waals surface area contributed by atoms with Crippen molar-refractivity contribution in [2.45, 2.75) is 212 Å². The fourth-order valence-corrected chi connectivity index (χ4v) is 10.9. The number of nitrogens with one attached hydrogen (secondary N) is 1. The third kappa shape index (κ3) is 7.25. The minimum atomic E-state index is -1.27. The van der Waals surface area contributed by atoms with Gasteiger partial charge in [0.2, 0.25) is 5.79 Å². The van der Waals surface area contributed by atoms with Crippen LogP contribution in [0.5, 0.6) is 0 Å². The minimum absolute atomic E-state index is 0.00945. The van der Waals surface area contributed by atoms with Gasteiger partial charge in [0.15, 0.2) is 5.79 Å². The first-order valence-electron chi connectivity index (χ1n) is 21.0. The molecule has 0 unspecified atom stereocenters. The van der Waals surface area contributed by atoms with Gasteiger partial charge in [-0.15, -0.1) is 0 Å². The van der Waals surface area contributed by atoms with Gasteiger partial charge in [0.25, 0.3) is 0 Å². The standard InChI is InChI=1S/C43H70N2O8/c1-12-31(29(9)46)33-16-15-24(4)38(50-33)28(8)36-27(7)37(45-44-36)32(13-2)39-25(5)23-26(6)42(51-39)20-17-34(47)43(53-42)22-21-40(11,52-43)35-18-19-41(48,14-3)30(10)49-35/h17,20,24-26,28,30-35,38-39,47-48H,12-16,18-19,21-23H2,1-11H3,(H,44,45)/t24-,25-,26+,28-,30-,31-,32-,33+,34+,35+,38+,39-,40-,41+,42-,43-/m0/s1. The number of ether oxygens (including phenoxy) is 5. The molecule has 1 aromatic rings. The van der Waals surface area contributed by atoms with E-state index in [-0.39, 0.29) is 65.9 Å². The van der Waals surface area contributed by atoms with Crippen molar-refractivity contribution in [2.24, 2.45) is 23.7 Å². The number of ketones is 1. The number of hydrogen-bond acceptors (Lipinski definition) is 9. The Morgan fingerprint density at radius 2 is 1.74 bits per heavy atom. The van der Waals surface area contributed by atoms with Crippen LogP contribution in [-0.4, -0.2) is 85.6 Å². The zero-order valence-corrected chi connectivity index (χ0v) is 34.4. The van der Waals surface area contributed by atoms with E-state index >= 15 is 0 Å². The van der Waals surface area contributed by atoms with Crippen LogP contribution >= 0.6 is 0 Å². The summed E-state index contributed by atoms with van der Waals surface area (Å²) in [5.74, 6) is -1.49. The molecule has 0 radical (unpaired) electrons. The molecule has 5 aliphatic rings. The van der Waals surface area contributed by atoms with Gasteiger partial charge in [-0.05, 0) is 115 Å². The molecule has 4 fully saturated rings. The lowest BCUT2D eigenvalue weighted by Gasteiger charge is -2.54. The number of carbonyl (C=O) groups is 1. The number of H-pyrrole nitrogens is 1. The lowest BCUT2D eigenvalue weighted by Crippen LogP contribution is -2.62. The van der Waals surface area contributed by atoms with Crippen LogP contribution in [0.4, 0.5) is 0 Å². The second-order valence-corrected chi connectivity index (χ2v) is 18.1.